The van der Waals surface area contributed by atoms with Gasteiger partial charge < -0.3 is 10.6 Å². The fourth-order valence-electron chi connectivity index (χ4n) is 4.55. The molecule has 5 rings (SSSR count). The maximum atomic E-state index is 15.4. The maximum Gasteiger partial charge on any atom is 0.235 e. The number of halogens is 1. The van der Waals surface area contributed by atoms with Gasteiger partial charge in [-0.15, -0.1) is 0 Å². The smallest absolute Gasteiger partial charge is 0.235 e. The monoisotopic (exact) mass is 393 g/mol. The second kappa shape index (κ2) is 6.35. The van der Waals surface area contributed by atoms with E-state index in [0.29, 0.717) is 18.8 Å². The van der Waals surface area contributed by atoms with E-state index in [2.05, 4.69) is 15.6 Å². The van der Waals surface area contributed by atoms with Crippen molar-refractivity contribution in [2.75, 3.05) is 18.4 Å². The number of hydrogen-bond acceptors (Lipinski definition) is 4. The molecule has 2 N–H and O–H groups in total. The maximum absolute atomic E-state index is 15.4. The number of nitrogens with zero attached hydrogens (tertiary/aromatic N) is 3. The van der Waals surface area contributed by atoms with Crippen molar-refractivity contribution in [3.8, 4) is 11.3 Å². The zero-order valence-electron chi connectivity index (χ0n) is 16.6. The average Bonchev–Trinajstić information content (AvgIpc) is 3.17. The van der Waals surface area contributed by atoms with Crippen LogP contribution in [-0.4, -0.2) is 39.4 Å². The number of benzene rings is 1. The van der Waals surface area contributed by atoms with Crippen LogP contribution in [0.5, 0.6) is 0 Å². The minimum absolute atomic E-state index is 0.0767. The van der Waals surface area contributed by atoms with Crippen LogP contribution in [0.25, 0.3) is 22.2 Å². The minimum Gasteiger partial charge on any atom is -0.313 e. The Morgan fingerprint density at radius 2 is 2.07 bits per heavy atom. The minimum atomic E-state index is -1.32. The molecule has 3 aromatic rings. The Morgan fingerprint density at radius 1 is 1.24 bits per heavy atom. The van der Waals surface area contributed by atoms with Crippen LogP contribution in [0, 0.1) is 0 Å². The third-order valence-electron chi connectivity index (χ3n) is 6.14. The number of pyridine rings is 1. The third-order valence-corrected chi connectivity index (χ3v) is 6.14. The predicted octanol–water partition coefficient (Wildman–Crippen LogP) is 3.42. The van der Waals surface area contributed by atoms with Crippen LogP contribution in [0.1, 0.15) is 32.3 Å². The molecule has 2 aromatic heterocycles. The van der Waals surface area contributed by atoms with E-state index in [9.17, 15) is 4.79 Å². The molecule has 1 amide bonds. The number of nitrogens with one attached hydrogen (secondary N) is 2. The summed E-state index contributed by atoms with van der Waals surface area (Å²) in [4.78, 5) is 16.8. The molecule has 0 bridgehead atoms. The van der Waals surface area contributed by atoms with Gasteiger partial charge in [-0.2, -0.15) is 5.10 Å². The summed E-state index contributed by atoms with van der Waals surface area (Å²) < 4.78 is 17.2. The Kier molecular flexibility index (Phi) is 4.00. The summed E-state index contributed by atoms with van der Waals surface area (Å²) in [6, 6.07) is 9.78. The number of piperidine rings is 1. The Bertz CT molecular complexity index is 1110. The van der Waals surface area contributed by atoms with Gasteiger partial charge in [-0.3, -0.25) is 9.48 Å². The quantitative estimate of drug-likeness (QED) is 0.715. The van der Waals surface area contributed by atoms with Crippen molar-refractivity contribution >= 4 is 22.6 Å². The number of anilines is 1. The first-order valence-electron chi connectivity index (χ1n) is 10.1. The van der Waals surface area contributed by atoms with E-state index in [0.717, 1.165) is 40.7 Å². The molecule has 0 aliphatic carbocycles. The van der Waals surface area contributed by atoms with Crippen LogP contribution in [0.2, 0.25) is 0 Å². The topological polar surface area (TPSA) is 71.8 Å². The Balaban J connectivity index is 1.67. The molecule has 4 heterocycles. The van der Waals surface area contributed by atoms with Gasteiger partial charge in [0.25, 0.3) is 0 Å². The largest absolute Gasteiger partial charge is 0.313 e. The molecule has 29 heavy (non-hydrogen) atoms. The number of aromatic nitrogens is 3. The lowest BCUT2D eigenvalue weighted by atomic mass is 9.83. The molecule has 0 saturated carbocycles. The van der Waals surface area contributed by atoms with E-state index >= 15 is 4.39 Å². The molecule has 1 saturated heterocycles. The summed E-state index contributed by atoms with van der Waals surface area (Å²) in [6.07, 6.45) is 3.04. The highest BCUT2D eigenvalue weighted by atomic mass is 19.1. The van der Waals surface area contributed by atoms with Crippen LogP contribution in [0.3, 0.4) is 0 Å². The molecule has 0 radical (unpaired) electrons. The number of alkyl halides is 1. The lowest BCUT2D eigenvalue weighted by Crippen LogP contribution is -2.45. The number of amides is 1. The summed E-state index contributed by atoms with van der Waals surface area (Å²) in [5.41, 5.74) is 1.33. The van der Waals surface area contributed by atoms with E-state index in [1.54, 1.807) is 10.9 Å². The number of rotatable bonds is 3. The van der Waals surface area contributed by atoms with Crippen LogP contribution >= 0.6 is 0 Å². The van der Waals surface area contributed by atoms with E-state index in [4.69, 9.17) is 5.10 Å². The molecule has 1 aromatic carbocycles. The molecule has 1 unspecified atom stereocenters. The number of para-hydroxylation sites is 1. The molecule has 1 atom stereocenters. The molecule has 7 heteroatoms. The molecule has 2 aliphatic heterocycles. The van der Waals surface area contributed by atoms with Crippen molar-refractivity contribution in [3.63, 3.8) is 0 Å². The van der Waals surface area contributed by atoms with E-state index in [-0.39, 0.29) is 12.5 Å². The highest BCUT2D eigenvalue weighted by Crippen LogP contribution is 2.43. The van der Waals surface area contributed by atoms with Gasteiger partial charge in [0.2, 0.25) is 5.91 Å². The number of carbonyl (C=O) groups excluding carboxylic acids is 1. The standard InChI is InChI=1S/C22H24FN5O/c1-21(2)17-15(8-11-25-19(17)26-20(21)29)18-14-6-3-4-7-16(14)28(27-18)13-22(23)9-5-10-24-12-22/h3-4,6-8,11,24H,5,9-10,12-13H2,1-2H3,(H,25,26,29). The fourth-order valence-corrected chi connectivity index (χ4v) is 4.55. The summed E-state index contributed by atoms with van der Waals surface area (Å²) in [7, 11) is 0. The average molecular weight is 393 g/mol. The molecular weight excluding hydrogens is 369 g/mol. The van der Waals surface area contributed by atoms with Gasteiger partial charge in [-0.1, -0.05) is 18.2 Å². The van der Waals surface area contributed by atoms with E-state index < -0.39 is 11.1 Å². The summed E-state index contributed by atoms with van der Waals surface area (Å²) in [5.74, 6) is 0.502. The lowest BCUT2D eigenvalue weighted by Gasteiger charge is -2.30. The van der Waals surface area contributed by atoms with Gasteiger partial charge >= 0.3 is 0 Å². The molecule has 0 spiro atoms. The van der Waals surface area contributed by atoms with Crippen molar-refractivity contribution < 1.29 is 9.18 Å². The van der Waals surface area contributed by atoms with Crippen molar-refractivity contribution in [1.29, 1.82) is 0 Å². The molecular formula is C22H24FN5O. The number of hydrogen-bond donors (Lipinski definition) is 2. The van der Waals surface area contributed by atoms with Crippen molar-refractivity contribution in [2.24, 2.45) is 0 Å². The second-order valence-corrected chi connectivity index (χ2v) is 8.62. The Hall–Kier alpha value is -2.80. The van der Waals surface area contributed by atoms with Gasteiger partial charge in [0.1, 0.15) is 17.2 Å². The molecule has 6 nitrogen and oxygen atoms in total. The van der Waals surface area contributed by atoms with Crippen molar-refractivity contribution in [3.05, 3.63) is 42.1 Å². The highest BCUT2D eigenvalue weighted by molar-refractivity contribution is 6.08. The first-order valence-corrected chi connectivity index (χ1v) is 10.1. The van der Waals surface area contributed by atoms with Crippen LogP contribution < -0.4 is 10.6 Å². The zero-order valence-corrected chi connectivity index (χ0v) is 16.6. The van der Waals surface area contributed by atoms with Crippen LogP contribution in [-0.2, 0) is 16.8 Å². The summed E-state index contributed by atoms with van der Waals surface area (Å²) >= 11 is 0. The van der Waals surface area contributed by atoms with Crippen molar-refractivity contribution in [1.82, 2.24) is 20.1 Å². The zero-order chi connectivity index (χ0) is 20.2. The van der Waals surface area contributed by atoms with Gasteiger partial charge in [0.05, 0.1) is 17.5 Å². The number of carbonyl (C=O) groups is 1. The normalized spacial score (nSPS) is 23.2. The SMILES string of the molecule is CC1(C)C(=O)Nc2nccc(-c3nn(CC4(F)CCCNC4)c4ccccc34)c21. The molecule has 1 fully saturated rings. The van der Waals surface area contributed by atoms with Gasteiger partial charge in [-0.05, 0) is 45.4 Å². The highest BCUT2D eigenvalue weighted by Gasteiger charge is 2.42. The molecule has 2 aliphatic rings. The second-order valence-electron chi connectivity index (χ2n) is 8.62. The van der Waals surface area contributed by atoms with Gasteiger partial charge in [0, 0.05) is 29.3 Å². The summed E-state index contributed by atoms with van der Waals surface area (Å²) in [6.45, 7) is 5.18. The predicted molar refractivity (Wildman–Crippen MR) is 111 cm³/mol. The Morgan fingerprint density at radius 3 is 2.86 bits per heavy atom. The molecule has 150 valence electrons. The number of fused-ring (bicyclic) bond motifs is 2. The van der Waals surface area contributed by atoms with Gasteiger partial charge in [0.15, 0.2) is 0 Å². The lowest BCUT2D eigenvalue weighted by molar-refractivity contribution is -0.119. The first-order chi connectivity index (χ1) is 13.9. The van der Waals surface area contributed by atoms with Crippen molar-refractivity contribution in [2.45, 2.75) is 44.3 Å². The fraction of sp³-hybridized carbons (Fsp3) is 0.409. The van der Waals surface area contributed by atoms with E-state index in [1.807, 2.05) is 44.2 Å². The van der Waals surface area contributed by atoms with Gasteiger partial charge in [-0.25, -0.2) is 9.37 Å². The summed E-state index contributed by atoms with van der Waals surface area (Å²) in [5, 5.41) is 11.8. The van der Waals surface area contributed by atoms with Crippen LogP contribution in [0.4, 0.5) is 10.2 Å². The van der Waals surface area contributed by atoms with E-state index in [1.165, 1.54) is 0 Å². The Labute approximate surface area is 168 Å². The third kappa shape index (κ3) is 2.83. The van der Waals surface area contributed by atoms with Crippen LogP contribution in [0.15, 0.2) is 36.5 Å². The first kappa shape index (κ1) is 18.2.